The van der Waals surface area contributed by atoms with E-state index in [2.05, 4.69) is 39.6 Å². The maximum atomic E-state index is 2.48. The number of hydrogen-bond acceptors (Lipinski definition) is 1. The van der Waals surface area contributed by atoms with Gasteiger partial charge in [0.25, 0.3) is 0 Å². The SMILES string of the molecule is C.C.CC.CC.CC.C[C@@H]1[C@H](C)[C@H](C)N(C)[C@@H]1C. The summed E-state index contributed by atoms with van der Waals surface area (Å²) in [7, 11) is 2.23. The average Bonchev–Trinajstić information content (AvgIpc) is 2.55. The zero-order chi connectivity index (χ0) is 13.9. The molecule has 1 fully saturated rings. The fourth-order valence-electron chi connectivity index (χ4n) is 1.99. The van der Waals surface area contributed by atoms with Crippen LogP contribution >= 0.6 is 0 Å². The van der Waals surface area contributed by atoms with E-state index in [0.717, 1.165) is 23.9 Å². The van der Waals surface area contributed by atoms with Gasteiger partial charge < -0.3 is 4.90 Å². The Hall–Kier alpha value is -0.0400. The molecule has 4 atom stereocenters. The topological polar surface area (TPSA) is 3.24 Å². The Morgan fingerprint density at radius 2 is 0.722 bits per heavy atom. The highest BCUT2D eigenvalue weighted by Gasteiger charge is 2.36. The lowest BCUT2D eigenvalue weighted by Gasteiger charge is -2.20. The summed E-state index contributed by atoms with van der Waals surface area (Å²) in [5.41, 5.74) is 0. The molecule has 0 radical (unpaired) electrons. The van der Waals surface area contributed by atoms with Crippen molar-refractivity contribution in [2.24, 2.45) is 11.8 Å². The van der Waals surface area contributed by atoms with E-state index in [4.69, 9.17) is 0 Å². The van der Waals surface area contributed by atoms with Gasteiger partial charge in [-0.3, -0.25) is 0 Å². The Kier molecular flexibility index (Phi) is 33.0. The van der Waals surface area contributed by atoms with Crippen LogP contribution < -0.4 is 0 Å². The van der Waals surface area contributed by atoms with E-state index in [1.807, 2.05) is 41.5 Å². The van der Waals surface area contributed by atoms with Crippen molar-refractivity contribution in [3.8, 4) is 0 Å². The van der Waals surface area contributed by atoms with E-state index in [-0.39, 0.29) is 14.9 Å². The highest BCUT2D eigenvalue weighted by atomic mass is 15.2. The molecule has 0 spiro atoms. The summed E-state index contributed by atoms with van der Waals surface area (Å²) in [6.07, 6.45) is 0. The van der Waals surface area contributed by atoms with Gasteiger partial charge in [0, 0.05) is 12.1 Å². The molecule has 1 saturated heterocycles. The summed E-state index contributed by atoms with van der Waals surface area (Å²) in [4.78, 5) is 2.48. The first-order chi connectivity index (χ1) is 7.55. The molecule has 1 aliphatic rings. The van der Waals surface area contributed by atoms with Crippen molar-refractivity contribution in [1.29, 1.82) is 0 Å². The molecular formula is C17H45N. The second-order valence-corrected chi connectivity index (χ2v) is 3.86. The summed E-state index contributed by atoms with van der Waals surface area (Å²) in [5, 5.41) is 0. The maximum Gasteiger partial charge on any atom is 0.00955 e. The Morgan fingerprint density at radius 3 is 0.778 bits per heavy atom. The van der Waals surface area contributed by atoms with Crippen LogP contribution in [0.1, 0.15) is 84.1 Å². The molecule has 1 nitrogen and oxygen atoms in total. The molecule has 0 aromatic rings. The largest absolute Gasteiger partial charge is 0.300 e. The van der Waals surface area contributed by atoms with Crippen molar-refractivity contribution in [1.82, 2.24) is 4.90 Å². The van der Waals surface area contributed by atoms with Gasteiger partial charge in [0.1, 0.15) is 0 Å². The molecule has 0 amide bonds. The Balaban J connectivity index is -0.0000000623. The Morgan fingerprint density at radius 1 is 0.556 bits per heavy atom. The molecule has 118 valence electrons. The van der Waals surface area contributed by atoms with Gasteiger partial charge in [0.15, 0.2) is 0 Å². The molecule has 0 saturated carbocycles. The lowest BCUT2D eigenvalue weighted by atomic mass is 9.92. The van der Waals surface area contributed by atoms with Crippen LogP contribution in [0.15, 0.2) is 0 Å². The molecule has 0 aliphatic carbocycles. The van der Waals surface area contributed by atoms with Crippen LogP contribution in [-0.4, -0.2) is 24.0 Å². The van der Waals surface area contributed by atoms with Crippen LogP contribution in [0.2, 0.25) is 0 Å². The smallest absolute Gasteiger partial charge is 0.00955 e. The first-order valence-corrected chi connectivity index (χ1v) is 7.27. The number of rotatable bonds is 0. The van der Waals surface area contributed by atoms with E-state index in [9.17, 15) is 0 Å². The molecule has 1 aliphatic heterocycles. The molecular weight excluding hydrogens is 218 g/mol. The van der Waals surface area contributed by atoms with Crippen LogP contribution in [0.3, 0.4) is 0 Å². The number of hydrogen-bond donors (Lipinski definition) is 0. The highest BCUT2D eigenvalue weighted by Crippen LogP contribution is 2.32. The summed E-state index contributed by atoms with van der Waals surface area (Å²) in [5.74, 6) is 1.72. The molecule has 1 heteroatoms. The van der Waals surface area contributed by atoms with Crippen LogP contribution in [-0.2, 0) is 0 Å². The highest BCUT2D eigenvalue weighted by molar-refractivity contribution is 4.89. The molecule has 0 aromatic carbocycles. The second kappa shape index (κ2) is 19.3. The van der Waals surface area contributed by atoms with Crippen molar-refractivity contribution in [2.45, 2.75) is 96.2 Å². The van der Waals surface area contributed by atoms with Gasteiger partial charge in [-0.2, -0.15) is 0 Å². The molecule has 0 bridgehead atoms. The fraction of sp³-hybridized carbons (Fsp3) is 1.00. The average molecular weight is 264 g/mol. The summed E-state index contributed by atoms with van der Waals surface area (Å²) >= 11 is 0. The van der Waals surface area contributed by atoms with E-state index in [1.165, 1.54) is 0 Å². The van der Waals surface area contributed by atoms with Gasteiger partial charge in [0.2, 0.25) is 0 Å². The van der Waals surface area contributed by atoms with Crippen LogP contribution in [0.4, 0.5) is 0 Å². The lowest BCUT2D eigenvalue weighted by Crippen LogP contribution is -2.29. The summed E-state index contributed by atoms with van der Waals surface area (Å²) in [6.45, 7) is 21.4. The van der Waals surface area contributed by atoms with E-state index in [1.54, 1.807) is 0 Å². The van der Waals surface area contributed by atoms with Crippen LogP contribution in [0.25, 0.3) is 0 Å². The Labute approximate surface area is 120 Å². The summed E-state index contributed by atoms with van der Waals surface area (Å²) in [6, 6.07) is 1.54. The van der Waals surface area contributed by atoms with Gasteiger partial charge in [-0.15, -0.1) is 0 Å². The monoisotopic (exact) mass is 263 g/mol. The van der Waals surface area contributed by atoms with Crippen LogP contribution in [0.5, 0.6) is 0 Å². The molecule has 18 heavy (non-hydrogen) atoms. The molecule has 0 N–H and O–H groups in total. The van der Waals surface area contributed by atoms with E-state index < -0.39 is 0 Å². The molecule has 0 aromatic heterocycles. The van der Waals surface area contributed by atoms with Gasteiger partial charge in [-0.05, 0) is 32.7 Å². The van der Waals surface area contributed by atoms with E-state index >= 15 is 0 Å². The minimum absolute atomic E-state index is 0. The van der Waals surface area contributed by atoms with Crippen molar-refractivity contribution >= 4 is 0 Å². The Bertz CT molecular complexity index is 77.9. The minimum Gasteiger partial charge on any atom is -0.300 e. The van der Waals surface area contributed by atoms with Gasteiger partial charge >= 0.3 is 0 Å². The third-order valence-corrected chi connectivity index (χ3v) is 3.64. The zero-order valence-electron chi connectivity index (χ0n) is 13.8. The van der Waals surface area contributed by atoms with Gasteiger partial charge in [0.05, 0.1) is 0 Å². The van der Waals surface area contributed by atoms with Crippen molar-refractivity contribution in [2.75, 3.05) is 7.05 Å². The van der Waals surface area contributed by atoms with Gasteiger partial charge in [-0.1, -0.05) is 70.2 Å². The van der Waals surface area contributed by atoms with Crippen molar-refractivity contribution in [3.05, 3.63) is 0 Å². The minimum atomic E-state index is 0. The lowest BCUT2D eigenvalue weighted by molar-refractivity contribution is 0.248. The zero-order valence-corrected chi connectivity index (χ0v) is 13.8. The predicted octanol–water partition coefficient (Wildman–Crippen LogP) is 6.33. The first kappa shape index (κ1) is 30.8. The first-order valence-electron chi connectivity index (χ1n) is 7.27. The van der Waals surface area contributed by atoms with Crippen molar-refractivity contribution < 1.29 is 0 Å². The van der Waals surface area contributed by atoms with Gasteiger partial charge in [-0.25, -0.2) is 0 Å². The molecule has 1 rings (SSSR count). The number of nitrogens with zero attached hydrogens (tertiary/aromatic N) is 1. The third-order valence-electron chi connectivity index (χ3n) is 3.64. The standard InChI is InChI=1S/C9H19N.3C2H6.2CH4/c1-6-7(2)9(4)10(5)8(6)3;3*1-2;;/h6-9H,1-5H3;3*1-2H3;2*1H4/t6-,7+,8-,9+;;;;;. The van der Waals surface area contributed by atoms with E-state index in [0.29, 0.717) is 0 Å². The normalized spacial score (nSPS) is 28.8. The quantitative estimate of drug-likeness (QED) is 0.493. The predicted molar refractivity (Wildman–Crippen MR) is 92.5 cm³/mol. The third kappa shape index (κ3) is 8.97. The number of likely N-dealkylation sites (tertiary alicyclic amines) is 1. The van der Waals surface area contributed by atoms with Crippen LogP contribution in [0, 0.1) is 11.8 Å². The maximum absolute atomic E-state index is 2.48. The molecule has 1 heterocycles. The molecule has 0 unspecified atom stereocenters. The van der Waals surface area contributed by atoms with Crippen molar-refractivity contribution in [3.63, 3.8) is 0 Å². The second-order valence-electron chi connectivity index (χ2n) is 3.86. The fourth-order valence-corrected chi connectivity index (χ4v) is 1.99. The summed E-state index contributed by atoms with van der Waals surface area (Å²) < 4.78 is 0.